The van der Waals surface area contributed by atoms with Gasteiger partial charge in [0.25, 0.3) is 0 Å². The number of rotatable bonds is 4. The molecule has 2 aromatic rings. The third-order valence-corrected chi connectivity index (χ3v) is 4.81. The van der Waals surface area contributed by atoms with E-state index >= 15 is 0 Å². The molecule has 0 spiro atoms. The minimum atomic E-state index is 0.575. The summed E-state index contributed by atoms with van der Waals surface area (Å²) in [7, 11) is 0. The lowest BCUT2D eigenvalue weighted by Crippen LogP contribution is -2.34. The first kappa shape index (κ1) is 14.0. The molecular formula is C15H21BrN4. The third-order valence-electron chi connectivity index (χ3n) is 4.40. The molecule has 0 bridgehead atoms. The zero-order chi connectivity index (χ0) is 13.9. The van der Waals surface area contributed by atoms with Gasteiger partial charge in [0, 0.05) is 18.8 Å². The van der Waals surface area contributed by atoms with Crippen LogP contribution in [0.4, 0.5) is 0 Å². The van der Waals surface area contributed by atoms with Crippen LogP contribution in [0.15, 0.2) is 23.2 Å². The van der Waals surface area contributed by atoms with E-state index in [2.05, 4.69) is 42.5 Å². The van der Waals surface area contributed by atoms with Gasteiger partial charge in [0.15, 0.2) is 5.65 Å². The van der Waals surface area contributed by atoms with Gasteiger partial charge in [-0.1, -0.05) is 19.3 Å². The predicted octanol–water partition coefficient (Wildman–Crippen LogP) is 3.55. The maximum Gasteiger partial charge on any atom is 0.155 e. The van der Waals surface area contributed by atoms with Crippen molar-refractivity contribution < 1.29 is 0 Å². The zero-order valence-electron chi connectivity index (χ0n) is 11.8. The molecule has 0 radical (unpaired) electrons. The Labute approximate surface area is 128 Å². The van der Waals surface area contributed by atoms with Crippen LogP contribution >= 0.6 is 15.9 Å². The molecular weight excluding hydrogens is 316 g/mol. The van der Waals surface area contributed by atoms with Gasteiger partial charge in [0.1, 0.15) is 4.60 Å². The topological polar surface area (TPSA) is 42.2 Å². The van der Waals surface area contributed by atoms with Crippen molar-refractivity contribution in [2.75, 3.05) is 0 Å². The number of fused-ring (bicyclic) bond motifs is 1. The number of aromatic nitrogens is 3. The van der Waals surface area contributed by atoms with Crippen molar-refractivity contribution in [2.45, 2.75) is 51.6 Å². The van der Waals surface area contributed by atoms with Crippen LogP contribution in [0.25, 0.3) is 5.65 Å². The lowest BCUT2D eigenvalue weighted by molar-refractivity contribution is 0.280. The molecule has 2 aromatic heterocycles. The first-order chi connectivity index (χ1) is 9.74. The van der Waals surface area contributed by atoms with Crippen molar-refractivity contribution in [3.63, 3.8) is 0 Å². The van der Waals surface area contributed by atoms with Gasteiger partial charge in [-0.25, -0.2) is 9.97 Å². The highest BCUT2D eigenvalue weighted by atomic mass is 79.9. The molecule has 1 atom stereocenters. The van der Waals surface area contributed by atoms with Gasteiger partial charge < -0.3 is 5.32 Å². The summed E-state index contributed by atoms with van der Waals surface area (Å²) in [5.74, 6) is 0.830. The van der Waals surface area contributed by atoms with Gasteiger partial charge in [0.2, 0.25) is 0 Å². The second kappa shape index (κ2) is 6.22. The molecule has 5 heteroatoms. The molecule has 0 aromatic carbocycles. The Morgan fingerprint density at radius 1 is 1.30 bits per heavy atom. The summed E-state index contributed by atoms with van der Waals surface area (Å²) in [6, 6.07) is 0.575. The lowest BCUT2D eigenvalue weighted by Gasteiger charge is -2.28. The lowest BCUT2D eigenvalue weighted by atomic mass is 9.84. The standard InChI is InChI=1S/C15H21BrN4/c1-11(12-5-3-2-4-6-12)17-7-13-8-19-15-9-18-14(16)10-20(13)15/h8-12,17H,2-7H2,1H3/t11-/m1/s1. The SMILES string of the molecule is C[C@@H](NCc1cnc2cnc(Br)cn12)C1CCCCC1. The van der Waals surface area contributed by atoms with Crippen LogP contribution < -0.4 is 5.32 Å². The summed E-state index contributed by atoms with van der Waals surface area (Å²) in [5.41, 5.74) is 2.08. The van der Waals surface area contributed by atoms with Crippen molar-refractivity contribution in [1.29, 1.82) is 0 Å². The van der Waals surface area contributed by atoms with Gasteiger partial charge in [-0.2, -0.15) is 0 Å². The number of halogens is 1. The van der Waals surface area contributed by atoms with E-state index in [1.165, 1.54) is 37.8 Å². The summed E-state index contributed by atoms with van der Waals surface area (Å²) < 4.78 is 2.93. The van der Waals surface area contributed by atoms with Gasteiger partial charge >= 0.3 is 0 Å². The molecule has 3 rings (SSSR count). The van der Waals surface area contributed by atoms with Crippen LogP contribution in [0.5, 0.6) is 0 Å². The highest BCUT2D eigenvalue weighted by Crippen LogP contribution is 2.26. The number of hydrogen-bond acceptors (Lipinski definition) is 3. The molecule has 1 saturated carbocycles. The summed E-state index contributed by atoms with van der Waals surface area (Å²) >= 11 is 3.41. The van der Waals surface area contributed by atoms with Crippen LogP contribution in [0.1, 0.15) is 44.7 Å². The predicted molar refractivity (Wildman–Crippen MR) is 83.6 cm³/mol. The first-order valence-electron chi connectivity index (χ1n) is 7.45. The Kier molecular flexibility index (Phi) is 4.36. The molecule has 1 N–H and O–H groups in total. The van der Waals surface area contributed by atoms with Crippen LogP contribution in [-0.4, -0.2) is 20.4 Å². The molecule has 0 unspecified atom stereocenters. The van der Waals surface area contributed by atoms with Gasteiger partial charge in [-0.3, -0.25) is 4.40 Å². The molecule has 1 aliphatic carbocycles. The van der Waals surface area contributed by atoms with Gasteiger partial charge in [-0.05, 0) is 41.6 Å². The molecule has 2 heterocycles. The number of hydrogen-bond donors (Lipinski definition) is 1. The minimum absolute atomic E-state index is 0.575. The zero-order valence-corrected chi connectivity index (χ0v) is 13.4. The van der Waals surface area contributed by atoms with E-state index < -0.39 is 0 Å². The van der Waals surface area contributed by atoms with E-state index in [-0.39, 0.29) is 0 Å². The van der Waals surface area contributed by atoms with Gasteiger partial charge in [-0.15, -0.1) is 0 Å². The Bertz CT molecular complexity index is 574. The monoisotopic (exact) mass is 336 g/mol. The Balaban J connectivity index is 1.65. The van der Waals surface area contributed by atoms with Crippen molar-refractivity contribution in [1.82, 2.24) is 19.7 Å². The van der Waals surface area contributed by atoms with E-state index in [0.717, 1.165) is 22.7 Å². The summed E-state index contributed by atoms with van der Waals surface area (Å²) in [5, 5.41) is 3.67. The normalized spacial score (nSPS) is 18.5. The van der Waals surface area contributed by atoms with E-state index in [4.69, 9.17) is 0 Å². The molecule has 4 nitrogen and oxygen atoms in total. The quantitative estimate of drug-likeness (QED) is 0.928. The summed E-state index contributed by atoms with van der Waals surface area (Å²) in [4.78, 5) is 8.59. The number of nitrogens with zero attached hydrogens (tertiary/aromatic N) is 3. The van der Waals surface area contributed by atoms with Crippen molar-refractivity contribution in [2.24, 2.45) is 5.92 Å². The maximum atomic E-state index is 4.39. The molecule has 1 aliphatic rings. The molecule has 0 saturated heterocycles. The molecule has 0 aliphatic heterocycles. The number of imidazole rings is 1. The van der Waals surface area contributed by atoms with E-state index in [1.54, 1.807) is 6.20 Å². The highest BCUT2D eigenvalue weighted by molar-refractivity contribution is 9.10. The smallest absolute Gasteiger partial charge is 0.155 e. The fourth-order valence-corrected chi connectivity index (χ4v) is 3.42. The number of nitrogens with one attached hydrogen (secondary N) is 1. The minimum Gasteiger partial charge on any atom is -0.308 e. The fraction of sp³-hybridized carbons (Fsp3) is 0.600. The Morgan fingerprint density at radius 2 is 2.10 bits per heavy atom. The van der Waals surface area contributed by atoms with Crippen molar-refractivity contribution in [3.8, 4) is 0 Å². The average molecular weight is 337 g/mol. The highest BCUT2D eigenvalue weighted by Gasteiger charge is 2.19. The second-order valence-corrected chi connectivity index (χ2v) is 6.57. The van der Waals surface area contributed by atoms with Crippen LogP contribution in [0.3, 0.4) is 0 Å². The Hall–Kier alpha value is -0.940. The second-order valence-electron chi connectivity index (χ2n) is 5.76. The van der Waals surface area contributed by atoms with Crippen LogP contribution in [0, 0.1) is 5.92 Å². The van der Waals surface area contributed by atoms with Crippen LogP contribution in [0.2, 0.25) is 0 Å². The fourth-order valence-electron chi connectivity index (χ4n) is 3.11. The molecule has 108 valence electrons. The van der Waals surface area contributed by atoms with Crippen molar-refractivity contribution >= 4 is 21.6 Å². The third kappa shape index (κ3) is 3.04. The molecule has 20 heavy (non-hydrogen) atoms. The molecule has 1 fully saturated rings. The first-order valence-corrected chi connectivity index (χ1v) is 8.24. The van der Waals surface area contributed by atoms with E-state index in [1.807, 2.05) is 12.4 Å². The van der Waals surface area contributed by atoms with Crippen molar-refractivity contribution in [3.05, 3.63) is 28.9 Å². The molecule has 0 amide bonds. The average Bonchev–Trinajstić information content (AvgIpc) is 2.88. The largest absolute Gasteiger partial charge is 0.308 e. The van der Waals surface area contributed by atoms with E-state index in [9.17, 15) is 0 Å². The Morgan fingerprint density at radius 3 is 2.90 bits per heavy atom. The van der Waals surface area contributed by atoms with E-state index in [0.29, 0.717) is 6.04 Å². The van der Waals surface area contributed by atoms with Crippen LogP contribution in [-0.2, 0) is 6.54 Å². The summed E-state index contributed by atoms with van der Waals surface area (Å²) in [6.07, 6.45) is 12.6. The van der Waals surface area contributed by atoms with Gasteiger partial charge in [0.05, 0.1) is 18.1 Å². The maximum absolute atomic E-state index is 4.39. The summed E-state index contributed by atoms with van der Waals surface area (Å²) in [6.45, 7) is 3.17.